The summed E-state index contributed by atoms with van der Waals surface area (Å²) in [4.78, 5) is 0. The van der Waals surface area contributed by atoms with Crippen LogP contribution in [0.15, 0.2) is 22.7 Å². The van der Waals surface area contributed by atoms with Crippen molar-refractivity contribution in [2.75, 3.05) is 12.3 Å². The fourth-order valence-electron chi connectivity index (χ4n) is 1.02. The minimum absolute atomic E-state index is 0.232. The summed E-state index contributed by atoms with van der Waals surface area (Å²) >= 11 is 3.16. The second-order valence-electron chi connectivity index (χ2n) is 2.81. The maximum atomic E-state index is 13.3. The largest absolute Gasteiger partial charge is 0.330 e. The lowest BCUT2D eigenvalue weighted by Gasteiger charge is -2.03. The SMILES string of the molecule is NCCS(=O)Cc1ccc(Br)cc1F. The topological polar surface area (TPSA) is 43.1 Å². The summed E-state index contributed by atoms with van der Waals surface area (Å²) in [7, 11) is -1.07. The van der Waals surface area contributed by atoms with Crippen molar-refractivity contribution in [3.63, 3.8) is 0 Å². The van der Waals surface area contributed by atoms with Crippen LogP contribution in [0.4, 0.5) is 4.39 Å². The molecule has 0 heterocycles. The third-order valence-electron chi connectivity index (χ3n) is 1.68. The molecular formula is C9H11BrFNOS. The molecule has 1 aromatic carbocycles. The molecular weight excluding hydrogens is 269 g/mol. The lowest BCUT2D eigenvalue weighted by molar-refractivity contribution is 0.614. The quantitative estimate of drug-likeness (QED) is 0.913. The summed E-state index contributed by atoms with van der Waals surface area (Å²) < 4.78 is 25.2. The van der Waals surface area contributed by atoms with E-state index in [2.05, 4.69) is 15.9 Å². The first kappa shape index (κ1) is 11.8. The van der Waals surface area contributed by atoms with Crippen LogP contribution < -0.4 is 5.73 Å². The van der Waals surface area contributed by atoms with Crippen LogP contribution >= 0.6 is 15.9 Å². The van der Waals surface area contributed by atoms with Gasteiger partial charge in [-0.3, -0.25) is 4.21 Å². The molecule has 14 heavy (non-hydrogen) atoms. The Hall–Kier alpha value is -0.260. The van der Waals surface area contributed by atoms with Gasteiger partial charge in [0, 0.05) is 33.1 Å². The molecule has 0 fully saturated rings. The number of rotatable bonds is 4. The van der Waals surface area contributed by atoms with E-state index in [1.807, 2.05) is 0 Å². The molecule has 1 unspecified atom stereocenters. The first-order valence-electron chi connectivity index (χ1n) is 4.12. The molecule has 0 aromatic heterocycles. The van der Waals surface area contributed by atoms with Gasteiger partial charge in [-0.1, -0.05) is 22.0 Å². The van der Waals surface area contributed by atoms with Gasteiger partial charge in [0.1, 0.15) is 5.82 Å². The Bertz CT molecular complexity index is 346. The van der Waals surface area contributed by atoms with Crippen molar-refractivity contribution in [3.8, 4) is 0 Å². The summed E-state index contributed by atoms with van der Waals surface area (Å²) in [6, 6.07) is 4.74. The third kappa shape index (κ3) is 3.48. The van der Waals surface area contributed by atoms with E-state index in [1.54, 1.807) is 12.1 Å². The lowest BCUT2D eigenvalue weighted by atomic mass is 10.2. The van der Waals surface area contributed by atoms with E-state index in [0.717, 1.165) is 0 Å². The lowest BCUT2D eigenvalue weighted by Crippen LogP contribution is -2.12. The van der Waals surface area contributed by atoms with E-state index in [4.69, 9.17) is 5.73 Å². The second kappa shape index (κ2) is 5.58. The van der Waals surface area contributed by atoms with Crippen molar-refractivity contribution in [2.45, 2.75) is 5.75 Å². The maximum absolute atomic E-state index is 13.3. The van der Waals surface area contributed by atoms with Gasteiger partial charge in [-0.05, 0) is 12.1 Å². The van der Waals surface area contributed by atoms with Gasteiger partial charge < -0.3 is 5.73 Å². The minimum atomic E-state index is -1.07. The Labute approximate surface area is 93.3 Å². The molecule has 1 atom stereocenters. The van der Waals surface area contributed by atoms with Crippen LogP contribution in [-0.4, -0.2) is 16.5 Å². The summed E-state index contributed by atoms with van der Waals surface area (Å²) in [5, 5.41) is 0. The highest BCUT2D eigenvalue weighted by molar-refractivity contribution is 9.10. The van der Waals surface area contributed by atoms with Gasteiger partial charge in [0.25, 0.3) is 0 Å². The fraction of sp³-hybridized carbons (Fsp3) is 0.333. The standard InChI is InChI=1S/C9H11BrFNOS/c10-8-2-1-7(9(11)5-8)6-14(13)4-3-12/h1-2,5H,3-4,6,12H2. The van der Waals surface area contributed by atoms with Crippen molar-refractivity contribution >= 4 is 26.7 Å². The zero-order chi connectivity index (χ0) is 10.6. The van der Waals surface area contributed by atoms with Crippen LogP contribution in [0.5, 0.6) is 0 Å². The van der Waals surface area contributed by atoms with Crippen LogP contribution in [0, 0.1) is 5.82 Å². The van der Waals surface area contributed by atoms with Gasteiger partial charge in [-0.15, -0.1) is 0 Å². The van der Waals surface area contributed by atoms with Crippen molar-refractivity contribution in [1.29, 1.82) is 0 Å². The molecule has 2 nitrogen and oxygen atoms in total. The first-order valence-corrected chi connectivity index (χ1v) is 6.40. The third-order valence-corrected chi connectivity index (χ3v) is 3.49. The molecule has 0 radical (unpaired) electrons. The van der Waals surface area contributed by atoms with Crippen molar-refractivity contribution in [2.24, 2.45) is 5.73 Å². The highest BCUT2D eigenvalue weighted by Gasteiger charge is 2.06. The molecule has 2 N–H and O–H groups in total. The predicted octanol–water partition coefficient (Wildman–Crippen LogP) is 1.80. The average molecular weight is 280 g/mol. The first-order chi connectivity index (χ1) is 6.63. The molecule has 5 heteroatoms. The van der Waals surface area contributed by atoms with Gasteiger partial charge in [0.05, 0.1) is 5.75 Å². The second-order valence-corrected chi connectivity index (χ2v) is 5.30. The Morgan fingerprint density at radius 2 is 2.21 bits per heavy atom. The van der Waals surface area contributed by atoms with Gasteiger partial charge >= 0.3 is 0 Å². The molecule has 0 aliphatic heterocycles. The Kier molecular flexibility index (Phi) is 4.71. The van der Waals surface area contributed by atoms with Crippen LogP contribution in [0.3, 0.4) is 0 Å². The fourth-order valence-corrected chi connectivity index (χ4v) is 2.34. The Balaban J connectivity index is 2.72. The van der Waals surface area contributed by atoms with Gasteiger partial charge in [-0.25, -0.2) is 4.39 Å². The molecule has 1 aromatic rings. The zero-order valence-electron chi connectivity index (χ0n) is 7.50. The summed E-state index contributed by atoms with van der Waals surface area (Å²) in [6.45, 7) is 0.366. The van der Waals surface area contributed by atoms with E-state index >= 15 is 0 Å². The van der Waals surface area contributed by atoms with Crippen molar-refractivity contribution in [3.05, 3.63) is 34.1 Å². The number of benzene rings is 1. The van der Waals surface area contributed by atoms with Crippen molar-refractivity contribution in [1.82, 2.24) is 0 Å². The van der Waals surface area contributed by atoms with Crippen molar-refractivity contribution < 1.29 is 8.60 Å². The van der Waals surface area contributed by atoms with E-state index in [9.17, 15) is 8.60 Å². The molecule has 0 spiro atoms. The molecule has 0 aliphatic rings. The summed E-state index contributed by atoms with van der Waals surface area (Å²) in [5.74, 6) is 0.316. The van der Waals surface area contributed by atoms with Crippen LogP contribution in [0.25, 0.3) is 0 Å². The molecule has 0 amide bonds. The van der Waals surface area contributed by atoms with E-state index in [-0.39, 0.29) is 11.6 Å². The molecule has 0 saturated carbocycles. The predicted molar refractivity (Wildman–Crippen MR) is 59.9 cm³/mol. The molecule has 78 valence electrons. The number of hydrogen-bond acceptors (Lipinski definition) is 2. The minimum Gasteiger partial charge on any atom is -0.330 e. The molecule has 0 aliphatic carbocycles. The molecule has 0 bridgehead atoms. The monoisotopic (exact) mass is 279 g/mol. The highest BCUT2D eigenvalue weighted by Crippen LogP contribution is 2.16. The molecule has 1 rings (SSSR count). The Morgan fingerprint density at radius 1 is 1.50 bits per heavy atom. The van der Waals surface area contributed by atoms with Gasteiger partial charge in [0.2, 0.25) is 0 Å². The maximum Gasteiger partial charge on any atom is 0.128 e. The van der Waals surface area contributed by atoms with Crippen LogP contribution in [0.1, 0.15) is 5.56 Å². The number of halogens is 2. The zero-order valence-corrected chi connectivity index (χ0v) is 9.91. The normalized spacial score (nSPS) is 12.8. The summed E-state index contributed by atoms with van der Waals surface area (Å²) in [5.41, 5.74) is 5.72. The number of nitrogens with two attached hydrogens (primary N) is 1. The van der Waals surface area contributed by atoms with Gasteiger partial charge in [-0.2, -0.15) is 0 Å². The van der Waals surface area contributed by atoms with Crippen LogP contribution in [-0.2, 0) is 16.6 Å². The average Bonchev–Trinajstić information content (AvgIpc) is 2.10. The van der Waals surface area contributed by atoms with E-state index in [1.165, 1.54) is 6.07 Å². The van der Waals surface area contributed by atoms with E-state index < -0.39 is 10.8 Å². The smallest absolute Gasteiger partial charge is 0.128 e. The van der Waals surface area contributed by atoms with E-state index in [0.29, 0.717) is 22.3 Å². The summed E-state index contributed by atoms with van der Waals surface area (Å²) in [6.07, 6.45) is 0. The van der Waals surface area contributed by atoms with Crippen LogP contribution in [0.2, 0.25) is 0 Å². The molecule has 0 saturated heterocycles. The number of hydrogen-bond donors (Lipinski definition) is 1. The highest BCUT2D eigenvalue weighted by atomic mass is 79.9. The van der Waals surface area contributed by atoms with Gasteiger partial charge in [0.15, 0.2) is 0 Å². The Morgan fingerprint density at radius 3 is 2.79 bits per heavy atom.